The molecule has 0 aliphatic carbocycles. The number of benzene rings is 2. The maximum absolute atomic E-state index is 13.0. The summed E-state index contributed by atoms with van der Waals surface area (Å²) in [5, 5.41) is 0.709. The molecular weight excluding hydrogens is 420 g/mol. The first-order valence-corrected chi connectivity index (χ1v) is 12.2. The highest BCUT2D eigenvalue weighted by atomic mass is 32.2. The number of imidazole rings is 1. The van der Waals surface area contributed by atoms with Gasteiger partial charge in [-0.05, 0) is 43.2 Å². The SMILES string of the molecule is Cc1ccc(C)c(S(=O)(=O)N2CCN(C(=O)CSc3nc4ccccc4[nH]3)CC2)c1. The summed E-state index contributed by atoms with van der Waals surface area (Å²) >= 11 is 1.36. The Kier molecular flexibility index (Phi) is 5.86. The van der Waals surface area contributed by atoms with Crippen molar-refractivity contribution in [3.05, 3.63) is 53.6 Å². The third-order valence-corrected chi connectivity index (χ3v) is 8.15. The van der Waals surface area contributed by atoms with Crippen molar-refractivity contribution in [1.82, 2.24) is 19.2 Å². The number of carbonyl (C=O) groups excluding carboxylic acids is 1. The van der Waals surface area contributed by atoms with Crippen LogP contribution in [0.4, 0.5) is 0 Å². The number of aryl methyl sites for hydroxylation is 2. The maximum Gasteiger partial charge on any atom is 0.243 e. The van der Waals surface area contributed by atoms with Crippen LogP contribution in [0.3, 0.4) is 0 Å². The monoisotopic (exact) mass is 444 g/mol. The number of aromatic amines is 1. The van der Waals surface area contributed by atoms with E-state index in [-0.39, 0.29) is 11.7 Å². The molecule has 2 aromatic carbocycles. The number of nitrogens with zero attached hydrogens (tertiary/aromatic N) is 3. The van der Waals surface area contributed by atoms with E-state index in [1.165, 1.54) is 16.1 Å². The van der Waals surface area contributed by atoms with Crippen LogP contribution in [0.25, 0.3) is 11.0 Å². The summed E-state index contributed by atoms with van der Waals surface area (Å²) in [4.78, 5) is 22.4. The number of rotatable bonds is 5. The number of hydrogen-bond donors (Lipinski definition) is 1. The number of thioether (sulfide) groups is 1. The number of hydrogen-bond acceptors (Lipinski definition) is 5. The standard InChI is InChI=1S/C21H24N4O3S2/c1-15-7-8-16(2)19(13-15)30(27,28)25-11-9-24(10-12-25)20(26)14-29-21-22-17-5-3-4-6-18(17)23-21/h3-8,13H,9-12,14H2,1-2H3,(H,22,23). The molecule has 4 rings (SSSR count). The minimum atomic E-state index is -3.56. The van der Waals surface area contributed by atoms with Gasteiger partial charge >= 0.3 is 0 Å². The van der Waals surface area contributed by atoms with Gasteiger partial charge in [0.1, 0.15) is 0 Å². The van der Waals surface area contributed by atoms with E-state index in [0.717, 1.165) is 22.2 Å². The largest absolute Gasteiger partial charge is 0.339 e. The van der Waals surface area contributed by atoms with E-state index >= 15 is 0 Å². The molecule has 0 saturated carbocycles. The fourth-order valence-corrected chi connectivity index (χ4v) is 6.04. The quantitative estimate of drug-likeness (QED) is 0.612. The number of sulfonamides is 1. The van der Waals surface area contributed by atoms with Gasteiger partial charge in [0.25, 0.3) is 0 Å². The number of para-hydroxylation sites is 2. The molecule has 1 N–H and O–H groups in total. The Balaban J connectivity index is 1.35. The van der Waals surface area contributed by atoms with Gasteiger partial charge in [-0.2, -0.15) is 4.31 Å². The Bertz CT molecular complexity index is 1150. The second-order valence-corrected chi connectivity index (χ2v) is 10.3. The average molecular weight is 445 g/mol. The molecule has 158 valence electrons. The number of carbonyl (C=O) groups is 1. The van der Waals surface area contributed by atoms with Crippen molar-refractivity contribution >= 4 is 38.7 Å². The first-order valence-electron chi connectivity index (χ1n) is 9.77. The first kappa shape index (κ1) is 20.9. The lowest BCUT2D eigenvalue weighted by Gasteiger charge is -2.34. The van der Waals surface area contributed by atoms with Gasteiger partial charge in [-0.1, -0.05) is 36.0 Å². The fraction of sp³-hybridized carbons (Fsp3) is 0.333. The van der Waals surface area contributed by atoms with Crippen LogP contribution < -0.4 is 0 Å². The number of piperazine rings is 1. The third kappa shape index (κ3) is 4.23. The Labute approximate surface area is 180 Å². The molecular formula is C21H24N4O3S2. The van der Waals surface area contributed by atoms with E-state index in [0.29, 0.717) is 36.2 Å². The van der Waals surface area contributed by atoms with E-state index in [4.69, 9.17) is 0 Å². The molecule has 0 spiro atoms. The molecule has 2 heterocycles. The predicted molar refractivity (Wildman–Crippen MR) is 118 cm³/mol. The first-order chi connectivity index (χ1) is 14.3. The summed E-state index contributed by atoms with van der Waals surface area (Å²) in [7, 11) is -3.56. The summed E-state index contributed by atoms with van der Waals surface area (Å²) < 4.78 is 27.6. The molecule has 0 bridgehead atoms. The lowest BCUT2D eigenvalue weighted by atomic mass is 10.2. The predicted octanol–water partition coefficient (Wildman–Crippen LogP) is 2.80. The summed E-state index contributed by atoms with van der Waals surface area (Å²) in [5.41, 5.74) is 3.47. The highest BCUT2D eigenvalue weighted by Gasteiger charge is 2.31. The Morgan fingerprint density at radius 1 is 1.10 bits per heavy atom. The number of H-pyrrole nitrogens is 1. The zero-order valence-electron chi connectivity index (χ0n) is 17.0. The Hall–Kier alpha value is -2.36. The number of fused-ring (bicyclic) bond motifs is 1. The van der Waals surface area contributed by atoms with Gasteiger partial charge in [-0.25, -0.2) is 13.4 Å². The van der Waals surface area contributed by atoms with Crippen LogP contribution in [0.15, 0.2) is 52.5 Å². The van der Waals surface area contributed by atoms with Crippen molar-refractivity contribution in [2.75, 3.05) is 31.9 Å². The molecule has 9 heteroatoms. The lowest BCUT2D eigenvalue weighted by Crippen LogP contribution is -2.51. The van der Waals surface area contributed by atoms with E-state index in [9.17, 15) is 13.2 Å². The second kappa shape index (κ2) is 8.41. The normalized spacial score (nSPS) is 15.6. The van der Waals surface area contributed by atoms with Gasteiger partial charge in [0, 0.05) is 26.2 Å². The van der Waals surface area contributed by atoms with Crippen molar-refractivity contribution in [2.45, 2.75) is 23.9 Å². The van der Waals surface area contributed by atoms with Gasteiger partial charge in [0.15, 0.2) is 5.16 Å². The van der Waals surface area contributed by atoms with Crippen LogP contribution in [0.5, 0.6) is 0 Å². The molecule has 3 aromatic rings. The Morgan fingerprint density at radius 3 is 2.57 bits per heavy atom. The number of aromatic nitrogens is 2. The number of nitrogens with one attached hydrogen (secondary N) is 1. The zero-order valence-corrected chi connectivity index (χ0v) is 18.6. The summed E-state index contributed by atoms with van der Waals surface area (Å²) in [6.07, 6.45) is 0. The van der Waals surface area contributed by atoms with Crippen molar-refractivity contribution in [3.8, 4) is 0 Å². The molecule has 0 radical (unpaired) electrons. The molecule has 1 amide bonds. The highest BCUT2D eigenvalue weighted by molar-refractivity contribution is 7.99. The summed E-state index contributed by atoms with van der Waals surface area (Å²) in [6.45, 7) is 5.08. The Morgan fingerprint density at radius 2 is 1.83 bits per heavy atom. The van der Waals surface area contributed by atoms with E-state index < -0.39 is 10.0 Å². The highest BCUT2D eigenvalue weighted by Crippen LogP contribution is 2.23. The molecule has 0 unspecified atom stereocenters. The molecule has 1 aliphatic heterocycles. The summed E-state index contributed by atoms with van der Waals surface area (Å²) in [5.74, 6) is 0.257. The van der Waals surface area contributed by atoms with Crippen molar-refractivity contribution in [1.29, 1.82) is 0 Å². The minimum absolute atomic E-state index is 0.00996. The summed E-state index contributed by atoms with van der Waals surface area (Å²) in [6, 6.07) is 13.2. The molecule has 30 heavy (non-hydrogen) atoms. The maximum atomic E-state index is 13.0. The van der Waals surface area contributed by atoms with Gasteiger partial charge in [0.05, 0.1) is 21.7 Å². The second-order valence-electron chi connectivity index (χ2n) is 7.40. The van der Waals surface area contributed by atoms with Crippen LogP contribution in [-0.2, 0) is 14.8 Å². The van der Waals surface area contributed by atoms with Crippen LogP contribution in [-0.4, -0.2) is 65.4 Å². The van der Waals surface area contributed by atoms with Gasteiger partial charge in [-0.3, -0.25) is 4.79 Å². The van der Waals surface area contributed by atoms with E-state index in [1.54, 1.807) is 17.9 Å². The van der Waals surface area contributed by atoms with Crippen molar-refractivity contribution in [3.63, 3.8) is 0 Å². The van der Waals surface area contributed by atoms with Crippen molar-refractivity contribution < 1.29 is 13.2 Å². The van der Waals surface area contributed by atoms with E-state index in [1.807, 2.05) is 43.3 Å². The van der Waals surface area contributed by atoms with Crippen LogP contribution in [0.1, 0.15) is 11.1 Å². The third-order valence-electron chi connectivity index (χ3n) is 5.25. The fourth-order valence-electron chi connectivity index (χ4n) is 3.52. The van der Waals surface area contributed by atoms with Gasteiger partial charge < -0.3 is 9.88 Å². The molecule has 0 atom stereocenters. The molecule has 7 nitrogen and oxygen atoms in total. The van der Waals surface area contributed by atoms with Crippen LogP contribution in [0, 0.1) is 13.8 Å². The topological polar surface area (TPSA) is 86.4 Å². The van der Waals surface area contributed by atoms with Gasteiger partial charge in [-0.15, -0.1) is 0 Å². The van der Waals surface area contributed by atoms with Crippen molar-refractivity contribution in [2.24, 2.45) is 0 Å². The molecule has 1 aromatic heterocycles. The molecule has 1 aliphatic rings. The molecule has 1 saturated heterocycles. The van der Waals surface area contributed by atoms with Crippen LogP contribution in [0.2, 0.25) is 0 Å². The lowest BCUT2D eigenvalue weighted by molar-refractivity contribution is -0.129. The average Bonchev–Trinajstić information content (AvgIpc) is 3.17. The van der Waals surface area contributed by atoms with Crippen LogP contribution >= 0.6 is 11.8 Å². The molecule has 1 fully saturated rings. The van der Waals surface area contributed by atoms with E-state index in [2.05, 4.69) is 9.97 Å². The minimum Gasteiger partial charge on any atom is -0.339 e. The smallest absolute Gasteiger partial charge is 0.243 e. The zero-order chi connectivity index (χ0) is 21.3. The number of amides is 1. The van der Waals surface area contributed by atoms with Gasteiger partial charge in [0.2, 0.25) is 15.9 Å².